The first kappa shape index (κ1) is 18.1. The van der Waals surface area contributed by atoms with Crippen LogP contribution in [0.2, 0.25) is 5.02 Å². The highest BCUT2D eigenvalue weighted by Gasteiger charge is 2.40. The predicted octanol–water partition coefficient (Wildman–Crippen LogP) is 4.14. The largest absolute Gasteiger partial charge is 0.387 e. The molecule has 7 heteroatoms. The van der Waals surface area contributed by atoms with Gasteiger partial charge in [0.05, 0.1) is 12.1 Å². The first-order chi connectivity index (χ1) is 10.6. The normalized spacial score (nSPS) is 14.7. The zero-order valence-corrected chi connectivity index (χ0v) is 15.0. The molecule has 126 valence electrons. The molecule has 2 rings (SSSR count). The van der Waals surface area contributed by atoms with E-state index in [0.717, 1.165) is 0 Å². The topological polar surface area (TPSA) is 53.8 Å². The van der Waals surface area contributed by atoms with Crippen molar-refractivity contribution in [2.45, 2.75) is 45.8 Å². The molecule has 23 heavy (non-hydrogen) atoms. The number of nitrogens with zero attached hydrogens (tertiary/aromatic N) is 2. The zero-order valence-electron chi connectivity index (χ0n) is 13.4. The van der Waals surface area contributed by atoms with Crippen molar-refractivity contribution in [3.8, 4) is 0 Å². The first-order valence-corrected chi connectivity index (χ1v) is 8.17. The summed E-state index contributed by atoms with van der Waals surface area (Å²) in [6.45, 7) is 6.10. The lowest BCUT2D eigenvalue weighted by Gasteiger charge is -2.40. The van der Waals surface area contributed by atoms with E-state index >= 15 is 0 Å². The van der Waals surface area contributed by atoms with E-state index in [2.05, 4.69) is 10.1 Å². The van der Waals surface area contributed by atoms with Gasteiger partial charge in [-0.25, -0.2) is 9.37 Å². The quantitative estimate of drug-likeness (QED) is 0.790. The summed E-state index contributed by atoms with van der Waals surface area (Å²) in [5.41, 5.74) is -1.03. The van der Waals surface area contributed by atoms with E-state index in [1.54, 1.807) is 10.7 Å². The molecule has 0 aliphatic rings. The number of aromatic nitrogens is 3. The molecule has 0 bridgehead atoms. The van der Waals surface area contributed by atoms with Gasteiger partial charge in [-0.2, -0.15) is 0 Å². The molecule has 0 fully saturated rings. The second-order valence-electron chi connectivity index (χ2n) is 6.77. The standard InChI is InChI=1S/C16H21ClFN3OS/c1-15(2,3)16(22,9-21-14(23)19-10-20-21)7-6-11-8-12(17)4-5-13(11)18/h4-5,8,10,22H,6-7,9H2,1-3H3,(H,19,20,23). The minimum absolute atomic E-state index is 0.261. The first-order valence-electron chi connectivity index (χ1n) is 7.39. The van der Waals surface area contributed by atoms with Crippen LogP contribution in [0.3, 0.4) is 0 Å². The van der Waals surface area contributed by atoms with Crippen molar-refractivity contribution in [3.05, 3.63) is 45.7 Å². The third-order valence-corrected chi connectivity index (χ3v) is 4.81. The molecular formula is C16H21ClFN3OS. The second kappa shape index (κ2) is 6.71. The number of aliphatic hydroxyl groups is 1. The van der Waals surface area contributed by atoms with E-state index in [0.29, 0.717) is 28.2 Å². The van der Waals surface area contributed by atoms with Crippen LogP contribution in [0.4, 0.5) is 4.39 Å². The fraction of sp³-hybridized carbons (Fsp3) is 0.500. The fourth-order valence-corrected chi connectivity index (χ4v) is 2.79. The highest BCUT2D eigenvalue weighted by atomic mass is 35.5. The Morgan fingerprint density at radius 3 is 2.65 bits per heavy atom. The Labute approximate surface area is 145 Å². The van der Waals surface area contributed by atoms with Crippen molar-refractivity contribution < 1.29 is 9.50 Å². The molecule has 1 atom stereocenters. The van der Waals surface area contributed by atoms with E-state index < -0.39 is 11.0 Å². The minimum atomic E-state index is -1.09. The van der Waals surface area contributed by atoms with Crippen molar-refractivity contribution in [1.29, 1.82) is 0 Å². The van der Waals surface area contributed by atoms with Crippen LogP contribution >= 0.6 is 23.8 Å². The lowest BCUT2D eigenvalue weighted by molar-refractivity contribution is -0.0799. The van der Waals surface area contributed by atoms with Gasteiger partial charge >= 0.3 is 0 Å². The van der Waals surface area contributed by atoms with Gasteiger partial charge in [-0.3, -0.25) is 9.78 Å². The molecular weight excluding hydrogens is 337 g/mol. The van der Waals surface area contributed by atoms with Crippen LogP contribution in [0, 0.1) is 16.0 Å². The Morgan fingerprint density at radius 1 is 1.39 bits per heavy atom. The van der Waals surface area contributed by atoms with Gasteiger partial charge in [0.15, 0.2) is 0 Å². The average Bonchev–Trinajstić information content (AvgIpc) is 2.84. The predicted molar refractivity (Wildman–Crippen MR) is 91.5 cm³/mol. The van der Waals surface area contributed by atoms with E-state index in [-0.39, 0.29) is 12.4 Å². The van der Waals surface area contributed by atoms with Gasteiger partial charge in [0.25, 0.3) is 0 Å². The van der Waals surface area contributed by atoms with Gasteiger partial charge in [0.1, 0.15) is 12.1 Å². The summed E-state index contributed by atoms with van der Waals surface area (Å²) in [6, 6.07) is 4.46. The van der Waals surface area contributed by atoms with Crippen molar-refractivity contribution in [2.24, 2.45) is 5.41 Å². The summed E-state index contributed by atoms with van der Waals surface area (Å²) < 4.78 is 15.9. The van der Waals surface area contributed by atoms with Crippen molar-refractivity contribution >= 4 is 23.8 Å². The molecule has 0 radical (unpaired) electrons. The highest BCUT2D eigenvalue weighted by molar-refractivity contribution is 7.71. The Morgan fingerprint density at radius 2 is 2.09 bits per heavy atom. The number of rotatable bonds is 5. The Bertz CT molecular complexity index is 737. The SMILES string of the molecule is CC(C)(C)C(O)(CCc1cc(Cl)ccc1F)Cn1[nH]cnc1=S. The smallest absolute Gasteiger partial charge is 0.215 e. The van der Waals surface area contributed by atoms with Gasteiger partial charge in [-0.1, -0.05) is 32.4 Å². The number of benzene rings is 1. The molecule has 0 saturated heterocycles. The third kappa shape index (κ3) is 4.19. The van der Waals surface area contributed by atoms with E-state index in [9.17, 15) is 9.50 Å². The molecule has 4 nitrogen and oxygen atoms in total. The molecule has 2 N–H and O–H groups in total. The maximum absolute atomic E-state index is 13.9. The van der Waals surface area contributed by atoms with E-state index in [4.69, 9.17) is 23.8 Å². The van der Waals surface area contributed by atoms with Gasteiger partial charge in [-0.15, -0.1) is 0 Å². The summed E-state index contributed by atoms with van der Waals surface area (Å²) in [4.78, 5) is 3.96. The van der Waals surface area contributed by atoms with Crippen molar-refractivity contribution in [3.63, 3.8) is 0 Å². The van der Waals surface area contributed by atoms with Gasteiger partial charge < -0.3 is 5.11 Å². The molecule has 0 spiro atoms. The van der Waals surface area contributed by atoms with E-state index in [1.165, 1.54) is 18.5 Å². The second-order valence-corrected chi connectivity index (χ2v) is 7.57. The van der Waals surface area contributed by atoms with Crippen molar-refractivity contribution in [1.82, 2.24) is 14.8 Å². The van der Waals surface area contributed by atoms with E-state index in [1.807, 2.05) is 20.8 Å². The number of nitrogens with one attached hydrogen (secondary N) is 1. The fourth-order valence-electron chi connectivity index (χ4n) is 2.42. The lowest BCUT2D eigenvalue weighted by Crippen LogP contribution is -2.47. The maximum atomic E-state index is 13.9. The van der Waals surface area contributed by atoms with Crippen LogP contribution in [0.25, 0.3) is 0 Å². The number of H-pyrrole nitrogens is 1. The monoisotopic (exact) mass is 357 g/mol. The minimum Gasteiger partial charge on any atom is -0.387 e. The van der Waals surface area contributed by atoms with Crippen LogP contribution in [-0.4, -0.2) is 25.5 Å². The van der Waals surface area contributed by atoms with Gasteiger partial charge in [-0.05, 0) is 54.2 Å². The Balaban J connectivity index is 2.24. The van der Waals surface area contributed by atoms with Crippen LogP contribution in [0.5, 0.6) is 0 Å². The molecule has 1 aromatic heterocycles. The average molecular weight is 358 g/mol. The van der Waals surface area contributed by atoms with Crippen LogP contribution in [-0.2, 0) is 13.0 Å². The van der Waals surface area contributed by atoms with Crippen LogP contribution in [0.15, 0.2) is 24.5 Å². The van der Waals surface area contributed by atoms with Crippen molar-refractivity contribution in [2.75, 3.05) is 0 Å². The zero-order chi connectivity index (χ0) is 17.3. The maximum Gasteiger partial charge on any atom is 0.215 e. The van der Waals surface area contributed by atoms with Gasteiger partial charge in [0, 0.05) is 5.02 Å². The summed E-state index contributed by atoms with van der Waals surface area (Å²) in [5.74, 6) is -0.316. The lowest BCUT2D eigenvalue weighted by atomic mass is 9.73. The summed E-state index contributed by atoms with van der Waals surface area (Å²) in [7, 11) is 0. The molecule has 2 aromatic rings. The number of halogens is 2. The van der Waals surface area contributed by atoms with Crippen LogP contribution < -0.4 is 0 Å². The Hall–Kier alpha value is -1.24. The highest BCUT2D eigenvalue weighted by Crippen LogP contribution is 2.36. The number of hydrogen-bond donors (Lipinski definition) is 2. The summed E-state index contributed by atoms with van der Waals surface area (Å²) in [6.07, 6.45) is 2.23. The number of aromatic amines is 1. The Kier molecular flexibility index (Phi) is 5.28. The number of hydrogen-bond acceptors (Lipinski definition) is 3. The number of aryl methyl sites for hydroxylation is 1. The summed E-state index contributed by atoms with van der Waals surface area (Å²) >= 11 is 11.1. The molecule has 0 aliphatic carbocycles. The van der Waals surface area contributed by atoms with Gasteiger partial charge in [0.2, 0.25) is 4.77 Å². The molecule has 1 unspecified atom stereocenters. The summed E-state index contributed by atoms with van der Waals surface area (Å²) in [5, 5.41) is 14.6. The van der Waals surface area contributed by atoms with Crippen LogP contribution in [0.1, 0.15) is 32.8 Å². The molecule has 1 heterocycles. The third-order valence-electron chi connectivity index (χ3n) is 4.25. The molecule has 0 saturated carbocycles. The molecule has 0 aliphatic heterocycles. The molecule has 1 aromatic carbocycles. The molecule has 0 amide bonds.